The van der Waals surface area contributed by atoms with Crippen LogP contribution in [0.4, 0.5) is 10.8 Å². The average Bonchev–Trinajstić information content (AvgIpc) is 3.04. The smallest absolute Gasteiger partial charge is 0.245 e. The van der Waals surface area contributed by atoms with Crippen LogP contribution in [0.3, 0.4) is 0 Å². The lowest BCUT2D eigenvalue weighted by atomic mass is 9.95. The number of hydrogen-bond acceptors (Lipinski definition) is 9. The van der Waals surface area contributed by atoms with Gasteiger partial charge in [0.25, 0.3) is 0 Å². The quantitative estimate of drug-likeness (QED) is 0.383. The van der Waals surface area contributed by atoms with Gasteiger partial charge in [-0.25, -0.2) is 4.98 Å². The lowest BCUT2D eigenvalue weighted by Crippen LogP contribution is -2.27. The van der Waals surface area contributed by atoms with E-state index in [1.807, 2.05) is 19.9 Å². The highest BCUT2D eigenvalue weighted by molar-refractivity contribution is 7.15. The number of fused-ring (bicyclic) bond motifs is 3. The molecule has 1 atom stereocenters. The third-order valence-electron chi connectivity index (χ3n) is 6.63. The molecule has 2 aromatic carbocycles. The number of methoxy groups -OCH3 is 3. The van der Waals surface area contributed by atoms with Gasteiger partial charge in [0.1, 0.15) is 0 Å². The fourth-order valence-corrected chi connectivity index (χ4v) is 5.55. The Kier molecular flexibility index (Phi) is 8.39. The number of nitrogens with zero attached hydrogens (tertiary/aromatic N) is 1. The van der Waals surface area contributed by atoms with Crippen molar-refractivity contribution in [2.45, 2.75) is 39.7 Å². The largest absolute Gasteiger partial charge is 0.493 e. The minimum atomic E-state index is -0.417. The second-order valence-electron chi connectivity index (χ2n) is 9.16. The number of aryl methyl sites for hydroxylation is 3. The number of amides is 2. The van der Waals surface area contributed by atoms with Crippen LogP contribution in [0.5, 0.6) is 17.2 Å². The fraction of sp³-hybridized carbons (Fsp3) is 0.357. The summed E-state index contributed by atoms with van der Waals surface area (Å²) in [5.74, 6) is 0.894. The van der Waals surface area contributed by atoms with Crippen molar-refractivity contribution in [3.05, 3.63) is 56.2 Å². The Morgan fingerprint density at radius 2 is 1.82 bits per heavy atom. The van der Waals surface area contributed by atoms with Crippen molar-refractivity contribution in [2.75, 3.05) is 38.5 Å². The summed E-state index contributed by atoms with van der Waals surface area (Å²) >= 11 is 1.39. The van der Waals surface area contributed by atoms with Crippen molar-refractivity contribution in [1.29, 1.82) is 0 Å². The van der Waals surface area contributed by atoms with Crippen molar-refractivity contribution in [1.82, 2.24) is 10.3 Å². The molecule has 1 unspecified atom stereocenters. The van der Waals surface area contributed by atoms with Crippen LogP contribution in [-0.4, -0.2) is 44.7 Å². The first kappa shape index (κ1) is 27.9. The van der Waals surface area contributed by atoms with E-state index in [9.17, 15) is 14.4 Å². The van der Waals surface area contributed by atoms with Gasteiger partial charge >= 0.3 is 0 Å². The minimum Gasteiger partial charge on any atom is -0.493 e. The summed E-state index contributed by atoms with van der Waals surface area (Å²) in [6.45, 7) is 5.14. The molecule has 11 heteroatoms. The van der Waals surface area contributed by atoms with Gasteiger partial charge in [-0.1, -0.05) is 6.07 Å². The van der Waals surface area contributed by atoms with Crippen LogP contribution in [0.15, 0.2) is 29.1 Å². The summed E-state index contributed by atoms with van der Waals surface area (Å²) in [4.78, 5) is 43.3. The molecule has 0 radical (unpaired) electrons. The molecule has 0 saturated carbocycles. The van der Waals surface area contributed by atoms with Gasteiger partial charge in [-0.15, -0.1) is 11.3 Å². The number of anilines is 2. The minimum absolute atomic E-state index is 0.123. The Balaban J connectivity index is 1.77. The van der Waals surface area contributed by atoms with Crippen LogP contribution in [-0.2, 0) is 16.0 Å². The van der Waals surface area contributed by atoms with E-state index in [1.54, 1.807) is 26.4 Å². The van der Waals surface area contributed by atoms with E-state index in [0.29, 0.717) is 46.3 Å². The molecule has 3 aromatic rings. The second-order valence-corrected chi connectivity index (χ2v) is 10.4. The van der Waals surface area contributed by atoms with Crippen LogP contribution in [0.1, 0.15) is 41.1 Å². The molecular weight excluding hydrogens is 520 g/mol. The zero-order valence-electron chi connectivity index (χ0n) is 22.8. The van der Waals surface area contributed by atoms with Crippen LogP contribution in [0, 0.1) is 13.8 Å². The fourth-order valence-electron chi connectivity index (χ4n) is 4.72. The van der Waals surface area contributed by atoms with Gasteiger partial charge in [-0.3, -0.25) is 14.4 Å². The normalized spacial score (nSPS) is 13.8. The van der Waals surface area contributed by atoms with Gasteiger partial charge < -0.3 is 30.2 Å². The third kappa shape index (κ3) is 5.83. The van der Waals surface area contributed by atoms with Crippen molar-refractivity contribution in [3.63, 3.8) is 0 Å². The summed E-state index contributed by atoms with van der Waals surface area (Å²) in [6.07, 6.45) is 1.16. The van der Waals surface area contributed by atoms with E-state index in [-0.39, 0.29) is 29.5 Å². The van der Waals surface area contributed by atoms with Gasteiger partial charge in [0.2, 0.25) is 23.0 Å². The standard InChI is InChI=1S/C28H32N4O6S/c1-14-15(2)39-28(30-14)32-24(35)13-29-21-10-8-18-19(12-22(21)34)20(31-16(3)33)9-7-17-11-23(36-4)26(37-5)27(38-6)25(17)18/h8,10-12,20H,7,9,13H2,1-6H3,(H,29,34)(H,31,33)(H,30,32,35). The van der Waals surface area contributed by atoms with Gasteiger partial charge in [0.15, 0.2) is 16.6 Å². The first-order valence-corrected chi connectivity index (χ1v) is 13.2. The van der Waals surface area contributed by atoms with Gasteiger partial charge in [0, 0.05) is 17.4 Å². The number of benzene rings is 1. The van der Waals surface area contributed by atoms with E-state index in [1.165, 1.54) is 31.4 Å². The third-order valence-corrected chi connectivity index (χ3v) is 7.62. The Bertz CT molecular complexity index is 1470. The number of carbonyl (C=O) groups excluding carboxylic acids is 2. The highest BCUT2D eigenvalue weighted by atomic mass is 32.1. The zero-order valence-corrected chi connectivity index (χ0v) is 23.6. The topological polar surface area (TPSA) is 128 Å². The van der Waals surface area contributed by atoms with Crippen LogP contribution < -0.4 is 35.6 Å². The number of hydrogen-bond donors (Lipinski definition) is 3. The Labute approximate surface area is 230 Å². The number of nitrogens with one attached hydrogen (secondary N) is 3. The van der Waals surface area contributed by atoms with Crippen LogP contribution in [0.25, 0.3) is 11.1 Å². The monoisotopic (exact) mass is 552 g/mol. The van der Waals surface area contributed by atoms with E-state index in [2.05, 4.69) is 20.9 Å². The first-order chi connectivity index (χ1) is 18.7. The number of ether oxygens (including phenoxy) is 3. The lowest BCUT2D eigenvalue weighted by Gasteiger charge is -2.19. The molecule has 0 spiro atoms. The van der Waals surface area contributed by atoms with E-state index < -0.39 is 6.04 Å². The summed E-state index contributed by atoms with van der Waals surface area (Å²) < 4.78 is 17.0. The predicted octanol–water partition coefficient (Wildman–Crippen LogP) is 3.99. The SMILES string of the molecule is COc1cc2c(c(OC)c1OC)-c1ccc(NCC(=O)Nc3nc(C)c(C)s3)c(=O)cc1C(NC(C)=O)CC2. The zero-order chi connectivity index (χ0) is 28.3. The number of aromatic nitrogens is 1. The molecular formula is C28H32N4O6S. The summed E-state index contributed by atoms with van der Waals surface area (Å²) in [5, 5.41) is 9.20. The van der Waals surface area contributed by atoms with Crippen molar-refractivity contribution < 1.29 is 23.8 Å². The van der Waals surface area contributed by atoms with E-state index in [0.717, 1.165) is 21.7 Å². The highest BCUT2D eigenvalue weighted by Crippen LogP contribution is 2.50. The Morgan fingerprint density at radius 1 is 1.08 bits per heavy atom. The van der Waals surface area contributed by atoms with Crippen molar-refractivity contribution in [3.8, 4) is 28.4 Å². The maximum absolute atomic E-state index is 13.4. The molecule has 39 heavy (non-hydrogen) atoms. The maximum atomic E-state index is 13.4. The first-order valence-electron chi connectivity index (χ1n) is 12.4. The molecule has 206 valence electrons. The van der Waals surface area contributed by atoms with Crippen molar-refractivity contribution >= 4 is 34.0 Å². The number of thiazole rings is 1. The van der Waals surface area contributed by atoms with Crippen LogP contribution >= 0.6 is 11.3 Å². The van der Waals surface area contributed by atoms with Crippen LogP contribution in [0.2, 0.25) is 0 Å². The maximum Gasteiger partial charge on any atom is 0.245 e. The summed E-state index contributed by atoms with van der Waals surface area (Å²) in [7, 11) is 4.64. The molecule has 0 bridgehead atoms. The molecule has 1 aromatic heterocycles. The molecule has 4 rings (SSSR count). The van der Waals surface area contributed by atoms with Gasteiger partial charge in [0.05, 0.1) is 45.3 Å². The van der Waals surface area contributed by atoms with Gasteiger partial charge in [-0.2, -0.15) is 0 Å². The van der Waals surface area contributed by atoms with E-state index >= 15 is 0 Å². The Hall–Kier alpha value is -4.12. The predicted molar refractivity (Wildman–Crippen MR) is 151 cm³/mol. The molecule has 0 saturated heterocycles. The molecule has 3 N–H and O–H groups in total. The summed E-state index contributed by atoms with van der Waals surface area (Å²) in [6, 6.07) is 6.43. The van der Waals surface area contributed by atoms with Gasteiger partial charge in [-0.05, 0) is 61.6 Å². The number of rotatable bonds is 8. The average molecular weight is 553 g/mol. The Morgan fingerprint density at radius 3 is 2.44 bits per heavy atom. The molecule has 1 aliphatic carbocycles. The molecule has 0 fully saturated rings. The molecule has 10 nitrogen and oxygen atoms in total. The molecule has 1 heterocycles. The second kappa shape index (κ2) is 11.7. The number of carbonyl (C=O) groups is 2. The summed E-state index contributed by atoms with van der Waals surface area (Å²) in [5.41, 5.74) is 3.83. The molecule has 0 aliphatic heterocycles. The highest BCUT2D eigenvalue weighted by Gasteiger charge is 2.29. The van der Waals surface area contributed by atoms with E-state index in [4.69, 9.17) is 14.2 Å². The molecule has 2 amide bonds. The van der Waals surface area contributed by atoms with Crippen molar-refractivity contribution in [2.24, 2.45) is 0 Å². The molecule has 1 aliphatic rings. The lowest BCUT2D eigenvalue weighted by molar-refractivity contribution is -0.119.